The Hall–Kier alpha value is -3.26. The number of benzene rings is 1. The van der Waals surface area contributed by atoms with Gasteiger partial charge in [-0.2, -0.15) is 18.2 Å². The summed E-state index contributed by atoms with van der Waals surface area (Å²) in [6, 6.07) is 4.68. The summed E-state index contributed by atoms with van der Waals surface area (Å²) in [7, 11) is -4.45. The van der Waals surface area contributed by atoms with Crippen LogP contribution in [0.3, 0.4) is 0 Å². The molecule has 0 saturated heterocycles. The molecule has 1 aliphatic rings. The largest absolute Gasteiger partial charge is 0.390 e. The lowest BCUT2D eigenvalue weighted by Gasteiger charge is -2.27. The molecule has 40 heavy (non-hydrogen) atoms. The number of nitrogens with one attached hydrogen (secondary N) is 2. The second kappa shape index (κ2) is 12.5. The van der Waals surface area contributed by atoms with Crippen molar-refractivity contribution in [2.24, 2.45) is 15.7 Å². The van der Waals surface area contributed by atoms with Crippen LogP contribution in [0.15, 0.2) is 39.0 Å². The number of hydrogen-bond donors (Lipinski definition) is 3. The number of anilines is 1. The van der Waals surface area contributed by atoms with Crippen molar-refractivity contribution in [2.75, 3.05) is 10.5 Å². The van der Waals surface area contributed by atoms with Crippen molar-refractivity contribution in [2.45, 2.75) is 77.2 Å². The van der Waals surface area contributed by atoms with Gasteiger partial charge in [-0.15, -0.1) is 0 Å². The van der Waals surface area contributed by atoms with Crippen LogP contribution >= 0.6 is 0 Å². The zero-order chi connectivity index (χ0) is 29.8. The molecule has 3 rings (SSSR count). The van der Waals surface area contributed by atoms with E-state index in [4.69, 9.17) is 5.73 Å². The van der Waals surface area contributed by atoms with Crippen molar-refractivity contribution >= 4 is 34.2 Å². The van der Waals surface area contributed by atoms with Gasteiger partial charge in [0.15, 0.2) is 0 Å². The van der Waals surface area contributed by atoms with Crippen LogP contribution in [0.2, 0.25) is 0 Å². The van der Waals surface area contributed by atoms with E-state index in [0.29, 0.717) is 11.4 Å². The minimum absolute atomic E-state index is 0.0687. The lowest BCUT2D eigenvalue weighted by Crippen LogP contribution is -2.41. The fourth-order valence-corrected chi connectivity index (χ4v) is 5.68. The Morgan fingerprint density at radius 1 is 1.25 bits per heavy atom. The fraction of sp³-hybridized carbons (Fsp3) is 0.500. The summed E-state index contributed by atoms with van der Waals surface area (Å²) in [5.41, 5.74) is 5.96. The van der Waals surface area contributed by atoms with Crippen LogP contribution in [0.5, 0.6) is 0 Å². The maximum Gasteiger partial charge on any atom is 0.390 e. The zero-order valence-corrected chi connectivity index (χ0v) is 23.4. The highest BCUT2D eigenvalue weighted by Gasteiger charge is 2.30. The summed E-state index contributed by atoms with van der Waals surface area (Å²) in [5.74, 6) is -1.70. The van der Waals surface area contributed by atoms with Gasteiger partial charge < -0.3 is 11.1 Å². The number of sulfonamides is 1. The fourth-order valence-electron chi connectivity index (χ4n) is 4.58. The number of aryl methyl sites for hydroxylation is 1. The first kappa shape index (κ1) is 31.3. The lowest BCUT2D eigenvalue weighted by molar-refractivity contribution is -0.129. The van der Waals surface area contributed by atoms with E-state index in [9.17, 15) is 30.8 Å². The molecule has 2 aromatic rings. The second-order valence-electron chi connectivity index (χ2n) is 10.2. The summed E-state index contributed by atoms with van der Waals surface area (Å²) in [6.45, 7) is 8.90. The Kier molecular flexibility index (Phi) is 9.77. The number of halogens is 4. The quantitative estimate of drug-likeness (QED) is 0.233. The molecule has 220 valence electrons. The van der Waals surface area contributed by atoms with E-state index < -0.39 is 45.4 Å². The highest BCUT2D eigenvalue weighted by atomic mass is 32.2. The third-order valence-corrected chi connectivity index (χ3v) is 7.79. The molecule has 0 spiro atoms. The number of aliphatic imine (C=N–C) groups is 2. The molecular formula is C26H34F4N6O3S. The molecule has 9 nitrogen and oxygen atoms in total. The van der Waals surface area contributed by atoms with Gasteiger partial charge in [0.05, 0.1) is 17.9 Å². The first-order chi connectivity index (χ1) is 18.6. The van der Waals surface area contributed by atoms with Crippen molar-refractivity contribution in [3.8, 4) is 11.1 Å². The summed E-state index contributed by atoms with van der Waals surface area (Å²) < 4.78 is 79.4. The van der Waals surface area contributed by atoms with Gasteiger partial charge >= 0.3 is 6.18 Å². The van der Waals surface area contributed by atoms with Gasteiger partial charge in [0.25, 0.3) is 5.56 Å². The van der Waals surface area contributed by atoms with E-state index in [-0.39, 0.29) is 35.2 Å². The molecule has 0 aliphatic heterocycles. The SMILES string of the molecule is C=N/C(=N\c1c(C)cc(-c2ccc(NS(=O)(=O)CCC(F)(F)F)c(F)c2)c(=O)n1C(C)C)N[C@H]1CCC[C@@H](N)C1. The average molecular weight is 587 g/mol. The molecule has 0 bridgehead atoms. The first-order valence-electron chi connectivity index (χ1n) is 12.8. The number of rotatable bonds is 8. The topological polar surface area (TPSA) is 131 Å². The number of pyridine rings is 1. The van der Waals surface area contributed by atoms with Crippen LogP contribution < -0.4 is 21.3 Å². The molecular weight excluding hydrogens is 552 g/mol. The third-order valence-electron chi connectivity index (χ3n) is 6.52. The second-order valence-corrected chi connectivity index (χ2v) is 12.0. The van der Waals surface area contributed by atoms with E-state index in [0.717, 1.165) is 37.8 Å². The van der Waals surface area contributed by atoms with Gasteiger partial charge in [-0.1, -0.05) is 6.07 Å². The Morgan fingerprint density at radius 3 is 2.52 bits per heavy atom. The maximum atomic E-state index is 14.9. The van der Waals surface area contributed by atoms with E-state index in [2.05, 4.69) is 22.0 Å². The molecule has 14 heteroatoms. The maximum absolute atomic E-state index is 14.9. The molecule has 1 aliphatic carbocycles. The van der Waals surface area contributed by atoms with Crippen LogP contribution in [0, 0.1) is 12.7 Å². The van der Waals surface area contributed by atoms with E-state index in [1.165, 1.54) is 10.6 Å². The first-order valence-corrected chi connectivity index (χ1v) is 14.5. The average Bonchev–Trinajstić information content (AvgIpc) is 2.85. The molecule has 1 aromatic heterocycles. The summed E-state index contributed by atoms with van der Waals surface area (Å²) in [5, 5.41) is 3.25. The Balaban J connectivity index is 1.95. The highest BCUT2D eigenvalue weighted by Crippen LogP contribution is 2.29. The number of nitrogens with two attached hydrogens (primary N) is 1. The molecule has 4 N–H and O–H groups in total. The molecule has 0 amide bonds. The van der Waals surface area contributed by atoms with Gasteiger partial charge in [-0.3, -0.25) is 14.1 Å². The Labute approximate surface area is 230 Å². The molecule has 1 aromatic carbocycles. The molecule has 0 radical (unpaired) electrons. The van der Waals surface area contributed by atoms with Crippen LogP contribution in [0.25, 0.3) is 11.1 Å². The van der Waals surface area contributed by atoms with E-state index in [1.807, 2.05) is 4.72 Å². The van der Waals surface area contributed by atoms with E-state index >= 15 is 0 Å². The van der Waals surface area contributed by atoms with Crippen molar-refractivity contribution in [1.29, 1.82) is 0 Å². The number of alkyl halides is 3. The molecule has 1 heterocycles. The minimum atomic E-state index is -4.68. The molecule has 2 atom stereocenters. The van der Waals surface area contributed by atoms with Crippen molar-refractivity contribution in [1.82, 2.24) is 9.88 Å². The van der Waals surface area contributed by atoms with Gasteiger partial charge in [0.2, 0.25) is 16.0 Å². The standard InChI is InChI=1S/C26H34F4N6O3S/c1-15(2)36-23(34-25(32-4)33-19-7-5-6-18(31)14-19)16(3)12-20(24(36)37)17-8-9-22(21(27)13-17)35-40(38,39)11-10-26(28,29)30/h8-9,12-13,15,18-19,35H,4-7,10-11,14,31H2,1-3H3,(H,33,34)/t18-,19+/m1/s1. The molecule has 1 saturated carbocycles. The number of aromatic nitrogens is 1. The van der Waals surface area contributed by atoms with Crippen LogP contribution in [-0.2, 0) is 10.0 Å². The predicted octanol–water partition coefficient (Wildman–Crippen LogP) is 4.79. The minimum Gasteiger partial charge on any atom is -0.351 e. The van der Waals surface area contributed by atoms with Crippen molar-refractivity contribution in [3.63, 3.8) is 0 Å². The zero-order valence-electron chi connectivity index (χ0n) is 22.6. The molecule has 0 unspecified atom stereocenters. The van der Waals surface area contributed by atoms with Crippen molar-refractivity contribution < 1.29 is 26.0 Å². The number of hydrogen-bond acceptors (Lipinski definition) is 5. The summed E-state index contributed by atoms with van der Waals surface area (Å²) in [6.07, 6.45) is -2.68. The Bertz CT molecular complexity index is 1440. The van der Waals surface area contributed by atoms with Crippen molar-refractivity contribution in [3.05, 3.63) is 46.0 Å². The van der Waals surface area contributed by atoms with E-state index in [1.54, 1.807) is 26.8 Å². The third kappa shape index (κ3) is 8.13. The lowest BCUT2D eigenvalue weighted by atomic mass is 9.92. The van der Waals surface area contributed by atoms with Gasteiger partial charge in [-0.25, -0.2) is 17.8 Å². The Morgan fingerprint density at radius 2 is 1.95 bits per heavy atom. The monoisotopic (exact) mass is 586 g/mol. The van der Waals surface area contributed by atoms with Gasteiger partial charge in [0.1, 0.15) is 11.6 Å². The van der Waals surface area contributed by atoms with Crippen LogP contribution in [0.4, 0.5) is 29.1 Å². The number of nitrogens with zero attached hydrogens (tertiary/aromatic N) is 3. The highest BCUT2D eigenvalue weighted by molar-refractivity contribution is 7.92. The molecule has 1 fully saturated rings. The predicted molar refractivity (Wildman–Crippen MR) is 149 cm³/mol. The normalized spacial score (nSPS) is 18.6. The van der Waals surface area contributed by atoms with Crippen LogP contribution in [0.1, 0.15) is 57.6 Å². The van der Waals surface area contributed by atoms with Gasteiger partial charge in [0, 0.05) is 23.7 Å². The smallest absolute Gasteiger partial charge is 0.351 e. The number of guanidine groups is 1. The van der Waals surface area contributed by atoms with Gasteiger partial charge in [-0.05, 0) is 82.5 Å². The van der Waals surface area contributed by atoms with Crippen LogP contribution in [-0.4, -0.2) is 49.7 Å². The summed E-state index contributed by atoms with van der Waals surface area (Å²) in [4.78, 5) is 22.1. The summed E-state index contributed by atoms with van der Waals surface area (Å²) >= 11 is 0.